The fraction of sp³-hybridized carbons (Fsp3) is 0.462. The lowest BCUT2D eigenvalue weighted by atomic mass is 10.2. The Kier molecular flexibility index (Phi) is 7.45. The third kappa shape index (κ3) is 5.83. The van der Waals surface area contributed by atoms with Crippen LogP contribution in [0.15, 0.2) is 48.8 Å². The molecule has 0 N–H and O–H groups in total. The molecule has 2 atom stereocenters. The zero-order valence-electron chi connectivity index (χ0n) is 20.5. The third-order valence-electron chi connectivity index (χ3n) is 6.54. The van der Waals surface area contributed by atoms with Crippen LogP contribution in [0.3, 0.4) is 0 Å². The summed E-state index contributed by atoms with van der Waals surface area (Å²) in [5, 5.41) is 4.28. The Hall–Kier alpha value is -3.08. The molecular formula is C26H31F2N5O3. The molecule has 36 heavy (non-hydrogen) atoms. The Morgan fingerprint density at radius 1 is 1.06 bits per heavy atom. The Morgan fingerprint density at radius 2 is 1.83 bits per heavy atom. The van der Waals surface area contributed by atoms with Crippen molar-refractivity contribution in [3.8, 4) is 17.1 Å². The highest BCUT2D eigenvalue weighted by Crippen LogP contribution is 2.23. The first-order valence-corrected chi connectivity index (χ1v) is 12.3. The second kappa shape index (κ2) is 10.9. The summed E-state index contributed by atoms with van der Waals surface area (Å²) >= 11 is 0. The van der Waals surface area contributed by atoms with Gasteiger partial charge in [0.05, 0.1) is 18.7 Å². The second-order valence-corrected chi connectivity index (χ2v) is 9.36. The van der Waals surface area contributed by atoms with Crippen molar-refractivity contribution in [1.29, 1.82) is 0 Å². The first-order valence-electron chi connectivity index (χ1n) is 12.3. The van der Waals surface area contributed by atoms with Gasteiger partial charge < -0.3 is 19.1 Å². The van der Waals surface area contributed by atoms with E-state index in [0.717, 1.165) is 38.0 Å². The van der Waals surface area contributed by atoms with Gasteiger partial charge in [0.1, 0.15) is 36.4 Å². The number of aromatic nitrogens is 3. The molecule has 192 valence electrons. The van der Waals surface area contributed by atoms with Gasteiger partial charge >= 0.3 is 0 Å². The van der Waals surface area contributed by atoms with Gasteiger partial charge in [0.25, 0.3) is 0 Å². The maximum atomic E-state index is 14.0. The summed E-state index contributed by atoms with van der Waals surface area (Å²) in [6.07, 6.45) is 0.768. The molecule has 0 amide bonds. The van der Waals surface area contributed by atoms with E-state index in [4.69, 9.17) is 14.2 Å². The molecule has 2 unspecified atom stereocenters. The van der Waals surface area contributed by atoms with Crippen molar-refractivity contribution >= 4 is 5.69 Å². The standard InChI is InChI=1S/C26H31F2N5O3/c1-18(2)31-9-11-32(12-10-31)20-4-6-21(7-5-20)34-16-25-35-15-22(36-25)14-33-17-29-26(30-33)23-8-3-19(27)13-24(23)28/h3-8,13,17-18,22,25H,9-12,14-16H2,1-2H3. The maximum absolute atomic E-state index is 14.0. The Morgan fingerprint density at radius 3 is 2.56 bits per heavy atom. The maximum Gasteiger partial charge on any atom is 0.192 e. The number of nitrogens with zero attached hydrogens (tertiary/aromatic N) is 5. The zero-order valence-corrected chi connectivity index (χ0v) is 20.5. The van der Waals surface area contributed by atoms with Gasteiger partial charge in [0.2, 0.25) is 0 Å². The van der Waals surface area contributed by atoms with Crippen molar-refractivity contribution in [3.63, 3.8) is 0 Å². The quantitative estimate of drug-likeness (QED) is 0.470. The van der Waals surface area contributed by atoms with Crippen LogP contribution in [0.25, 0.3) is 11.4 Å². The van der Waals surface area contributed by atoms with E-state index < -0.39 is 17.9 Å². The molecule has 3 aromatic rings. The number of piperazine rings is 1. The molecule has 10 heteroatoms. The average molecular weight is 500 g/mol. The van der Waals surface area contributed by atoms with Gasteiger partial charge in [-0.05, 0) is 50.2 Å². The van der Waals surface area contributed by atoms with Crippen LogP contribution in [0.4, 0.5) is 14.5 Å². The summed E-state index contributed by atoms with van der Waals surface area (Å²) in [7, 11) is 0. The predicted molar refractivity (Wildman–Crippen MR) is 131 cm³/mol. The number of ether oxygens (including phenoxy) is 3. The molecular weight excluding hydrogens is 468 g/mol. The number of rotatable bonds is 8. The highest BCUT2D eigenvalue weighted by atomic mass is 19.1. The van der Waals surface area contributed by atoms with E-state index in [2.05, 4.69) is 45.9 Å². The highest BCUT2D eigenvalue weighted by Gasteiger charge is 2.27. The Labute approximate surface area is 209 Å². The van der Waals surface area contributed by atoms with Crippen molar-refractivity contribution < 1.29 is 23.0 Å². The van der Waals surface area contributed by atoms with Crippen molar-refractivity contribution in [1.82, 2.24) is 19.7 Å². The van der Waals surface area contributed by atoms with E-state index in [9.17, 15) is 8.78 Å². The summed E-state index contributed by atoms with van der Waals surface area (Å²) in [4.78, 5) is 9.02. The monoisotopic (exact) mass is 499 g/mol. The van der Waals surface area contributed by atoms with Crippen LogP contribution in [0.5, 0.6) is 5.75 Å². The molecule has 0 bridgehead atoms. The van der Waals surface area contributed by atoms with Crippen molar-refractivity contribution in [2.45, 2.75) is 38.8 Å². The summed E-state index contributed by atoms with van der Waals surface area (Å²) < 4.78 is 46.2. The lowest BCUT2D eigenvalue weighted by molar-refractivity contribution is -0.0837. The number of hydrogen-bond donors (Lipinski definition) is 0. The molecule has 2 fully saturated rings. The normalized spacial score (nSPS) is 20.9. The first kappa shape index (κ1) is 24.6. The van der Waals surface area contributed by atoms with E-state index in [1.54, 1.807) is 4.68 Å². The Balaban J connectivity index is 1.07. The minimum Gasteiger partial charge on any atom is -0.488 e. The van der Waals surface area contributed by atoms with Crippen molar-refractivity contribution in [2.75, 3.05) is 44.3 Å². The Bertz CT molecular complexity index is 1150. The van der Waals surface area contributed by atoms with Crippen LogP contribution in [0.2, 0.25) is 0 Å². The van der Waals surface area contributed by atoms with E-state index in [-0.39, 0.29) is 24.1 Å². The van der Waals surface area contributed by atoms with E-state index >= 15 is 0 Å². The van der Waals surface area contributed by atoms with Crippen LogP contribution in [-0.4, -0.2) is 77.5 Å². The predicted octanol–water partition coefficient (Wildman–Crippen LogP) is 3.57. The molecule has 1 aromatic heterocycles. The van der Waals surface area contributed by atoms with Gasteiger partial charge in [-0.25, -0.2) is 18.4 Å². The fourth-order valence-corrected chi connectivity index (χ4v) is 4.49. The average Bonchev–Trinajstić information content (AvgIpc) is 3.53. The lowest BCUT2D eigenvalue weighted by Crippen LogP contribution is -2.48. The van der Waals surface area contributed by atoms with Crippen LogP contribution in [-0.2, 0) is 16.0 Å². The van der Waals surface area contributed by atoms with Gasteiger partial charge in [0.15, 0.2) is 12.1 Å². The van der Waals surface area contributed by atoms with Crippen LogP contribution >= 0.6 is 0 Å². The molecule has 2 aliphatic rings. The number of halogens is 2. The lowest BCUT2D eigenvalue weighted by Gasteiger charge is -2.38. The molecule has 0 saturated carbocycles. The van der Waals surface area contributed by atoms with Crippen LogP contribution in [0.1, 0.15) is 13.8 Å². The number of hydrogen-bond acceptors (Lipinski definition) is 7. The van der Waals surface area contributed by atoms with E-state index in [1.165, 1.54) is 24.1 Å². The van der Waals surface area contributed by atoms with E-state index in [0.29, 0.717) is 19.2 Å². The molecule has 0 aliphatic carbocycles. The topological polar surface area (TPSA) is 64.9 Å². The van der Waals surface area contributed by atoms with Gasteiger partial charge in [-0.3, -0.25) is 4.90 Å². The summed E-state index contributed by atoms with van der Waals surface area (Å²) in [6.45, 7) is 9.73. The molecule has 8 nitrogen and oxygen atoms in total. The highest BCUT2D eigenvalue weighted by molar-refractivity contribution is 5.55. The summed E-state index contributed by atoms with van der Waals surface area (Å²) in [5.41, 5.74) is 1.35. The van der Waals surface area contributed by atoms with Crippen molar-refractivity contribution in [3.05, 3.63) is 60.4 Å². The number of benzene rings is 2. The largest absolute Gasteiger partial charge is 0.488 e. The van der Waals surface area contributed by atoms with Crippen molar-refractivity contribution in [2.24, 2.45) is 0 Å². The smallest absolute Gasteiger partial charge is 0.192 e. The minimum absolute atomic E-state index is 0.147. The second-order valence-electron chi connectivity index (χ2n) is 9.36. The molecule has 0 spiro atoms. The van der Waals surface area contributed by atoms with Gasteiger partial charge in [-0.15, -0.1) is 0 Å². The fourth-order valence-electron chi connectivity index (χ4n) is 4.49. The molecule has 5 rings (SSSR count). The zero-order chi connectivity index (χ0) is 25.1. The SMILES string of the molecule is CC(C)N1CCN(c2ccc(OCC3OCC(Cn4cnc(-c5ccc(F)cc5F)n4)O3)cc2)CC1. The van der Waals surface area contributed by atoms with Gasteiger partial charge in [-0.2, -0.15) is 5.10 Å². The van der Waals surface area contributed by atoms with Crippen LogP contribution < -0.4 is 9.64 Å². The molecule has 2 aliphatic heterocycles. The summed E-state index contributed by atoms with van der Waals surface area (Å²) in [5.74, 6) is -0.391. The molecule has 2 aromatic carbocycles. The van der Waals surface area contributed by atoms with Crippen LogP contribution in [0, 0.1) is 11.6 Å². The number of anilines is 1. The molecule has 2 saturated heterocycles. The van der Waals surface area contributed by atoms with Gasteiger partial charge in [0, 0.05) is 44.0 Å². The summed E-state index contributed by atoms with van der Waals surface area (Å²) in [6, 6.07) is 12.0. The van der Waals surface area contributed by atoms with Gasteiger partial charge in [-0.1, -0.05) is 0 Å². The molecule has 0 radical (unpaired) electrons. The van der Waals surface area contributed by atoms with E-state index in [1.807, 2.05) is 12.1 Å². The minimum atomic E-state index is -0.702. The third-order valence-corrected chi connectivity index (χ3v) is 6.54. The first-order chi connectivity index (χ1) is 17.4. The molecule has 3 heterocycles.